The first-order valence-electron chi connectivity index (χ1n) is 11.8. The van der Waals surface area contributed by atoms with Crippen LogP contribution in [0, 0.1) is 6.92 Å². The van der Waals surface area contributed by atoms with E-state index in [2.05, 4.69) is 36.1 Å². The highest BCUT2D eigenvalue weighted by Gasteiger charge is 2.22. The number of fused-ring (bicyclic) bond motifs is 1. The number of rotatable bonds is 7. The van der Waals surface area contributed by atoms with E-state index in [0.717, 1.165) is 71.3 Å². The third-order valence-corrected chi connectivity index (χ3v) is 7.33. The van der Waals surface area contributed by atoms with Crippen LogP contribution < -0.4 is 4.90 Å². The van der Waals surface area contributed by atoms with Crippen molar-refractivity contribution in [3.63, 3.8) is 0 Å². The molecule has 1 saturated heterocycles. The van der Waals surface area contributed by atoms with Crippen LogP contribution in [0.5, 0.6) is 0 Å². The second kappa shape index (κ2) is 10.5. The SMILES string of the molecule is Cc1cccc2sc(N(CCCN3CCOCC3)C(=O)c3ccc(-c4ccccc4)cc3)nc12. The summed E-state index contributed by atoms with van der Waals surface area (Å²) in [5.74, 6) is -0.00158. The summed E-state index contributed by atoms with van der Waals surface area (Å²) < 4.78 is 6.58. The fourth-order valence-electron chi connectivity index (χ4n) is 4.34. The first-order chi connectivity index (χ1) is 16.7. The predicted molar refractivity (Wildman–Crippen MR) is 140 cm³/mol. The normalized spacial score (nSPS) is 14.4. The highest BCUT2D eigenvalue weighted by molar-refractivity contribution is 7.22. The number of carbonyl (C=O) groups excluding carboxylic acids is 1. The van der Waals surface area contributed by atoms with E-state index in [0.29, 0.717) is 12.1 Å². The number of benzene rings is 3. The second-order valence-electron chi connectivity index (χ2n) is 8.63. The Morgan fingerprint density at radius 2 is 1.71 bits per heavy atom. The molecule has 0 N–H and O–H groups in total. The van der Waals surface area contributed by atoms with Gasteiger partial charge in [0.05, 0.1) is 23.4 Å². The minimum Gasteiger partial charge on any atom is -0.379 e. The zero-order valence-corrected chi connectivity index (χ0v) is 20.3. The molecule has 5 nitrogen and oxygen atoms in total. The topological polar surface area (TPSA) is 45.7 Å². The summed E-state index contributed by atoms with van der Waals surface area (Å²) >= 11 is 1.59. The molecule has 0 spiro atoms. The Morgan fingerprint density at radius 3 is 2.44 bits per heavy atom. The van der Waals surface area contributed by atoms with E-state index in [1.165, 1.54) is 0 Å². The van der Waals surface area contributed by atoms with Gasteiger partial charge in [-0.3, -0.25) is 14.6 Å². The van der Waals surface area contributed by atoms with Crippen LogP contribution in [0.3, 0.4) is 0 Å². The van der Waals surface area contributed by atoms with E-state index < -0.39 is 0 Å². The minimum absolute atomic E-state index is 0.00158. The monoisotopic (exact) mass is 471 g/mol. The molecule has 2 heterocycles. The van der Waals surface area contributed by atoms with Gasteiger partial charge in [0.15, 0.2) is 5.13 Å². The van der Waals surface area contributed by atoms with E-state index in [9.17, 15) is 4.79 Å². The lowest BCUT2D eigenvalue weighted by Crippen LogP contribution is -2.39. The Labute approximate surface area is 204 Å². The molecule has 0 saturated carbocycles. The molecule has 6 heteroatoms. The summed E-state index contributed by atoms with van der Waals surface area (Å²) in [4.78, 5) is 22.8. The molecule has 0 aliphatic carbocycles. The first-order valence-corrected chi connectivity index (χ1v) is 12.6. The number of carbonyl (C=O) groups is 1. The Morgan fingerprint density at radius 1 is 0.971 bits per heavy atom. The summed E-state index contributed by atoms with van der Waals surface area (Å²) in [7, 11) is 0. The predicted octanol–water partition coefficient (Wildman–Crippen LogP) is 5.64. The van der Waals surface area contributed by atoms with E-state index in [1.807, 2.05) is 53.4 Å². The van der Waals surface area contributed by atoms with Crippen LogP contribution in [0.1, 0.15) is 22.3 Å². The van der Waals surface area contributed by atoms with Gasteiger partial charge in [-0.1, -0.05) is 65.9 Å². The Hall–Kier alpha value is -3.06. The standard InChI is InChI=1S/C28H29N3O2S/c1-21-7-5-10-25-26(21)29-28(34-25)31(16-6-15-30-17-19-33-20-18-30)27(32)24-13-11-23(12-14-24)22-8-3-2-4-9-22/h2-5,7-14H,6,15-20H2,1H3. The lowest BCUT2D eigenvalue weighted by molar-refractivity contribution is 0.0376. The van der Waals surface area contributed by atoms with Gasteiger partial charge in [0.25, 0.3) is 5.91 Å². The summed E-state index contributed by atoms with van der Waals surface area (Å²) in [5.41, 5.74) is 5.04. The second-order valence-corrected chi connectivity index (χ2v) is 9.63. The zero-order chi connectivity index (χ0) is 23.3. The zero-order valence-electron chi connectivity index (χ0n) is 19.4. The van der Waals surface area contributed by atoms with Crippen LogP contribution >= 0.6 is 11.3 Å². The van der Waals surface area contributed by atoms with Crippen molar-refractivity contribution in [3.05, 3.63) is 83.9 Å². The van der Waals surface area contributed by atoms with Gasteiger partial charge in [-0.05, 0) is 48.2 Å². The molecule has 5 rings (SSSR count). The molecule has 34 heavy (non-hydrogen) atoms. The number of anilines is 1. The van der Waals surface area contributed by atoms with E-state index >= 15 is 0 Å². The maximum Gasteiger partial charge on any atom is 0.260 e. The van der Waals surface area contributed by atoms with Gasteiger partial charge >= 0.3 is 0 Å². The van der Waals surface area contributed by atoms with Crippen LogP contribution in [0.15, 0.2) is 72.8 Å². The quantitative estimate of drug-likeness (QED) is 0.350. The van der Waals surface area contributed by atoms with Gasteiger partial charge < -0.3 is 4.74 Å². The molecule has 0 atom stereocenters. The molecule has 0 unspecified atom stereocenters. The fraction of sp³-hybridized carbons (Fsp3) is 0.286. The molecule has 1 fully saturated rings. The van der Waals surface area contributed by atoms with E-state index in [4.69, 9.17) is 9.72 Å². The van der Waals surface area contributed by atoms with Crippen molar-refractivity contribution in [1.82, 2.24) is 9.88 Å². The maximum absolute atomic E-state index is 13.7. The van der Waals surface area contributed by atoms with Crippen LogP contribution in [-0.4, -0.2) is 55.2 Å². The Kier molecular flexibility index (Phi) is 7.00. The molecule has 3 aromatic carbocycles. The van der Waals surface area contributed by atoms with Crippen LogP contribution in [-0.2, 0) is 4.74 Å². The molecule has 1 aromatic heterocycles. The maximum atomic E-state index is 13.7. The lowest BCUT2D eigenvalue weighted by atomic mass is 10.0. The smallest absolute Gasteiger partial charge is 0.260 e. The van der Waals surface area contributed by atoms with Gasteiger partial charge in [-0.25, -0.2) is 4.98 Å². The number of nitrogens with zero attached hydrogens (tertiary/aromatic N) is 3. The molecule has 174 valence electrons. The van der Waals surface area contributed by atoms with Gasteiger partial charge in [0.1, 0.15) is 0 Å². The number of amides is 1. The molecular formula is C28H29N3O2S. The highest BCUT2D eigenvalue weighted by Crippen LogP contribution is 2.32. The molecule has 4 aromatic rings. The van der Waals surface area contributed by atoms with Crippen molar-refractivity contribution in [1.29, 1.82) is 0 Å². The summed E-state index contributed by atoms with van der Waals surface area (Å²) in [6.45, 7) is 7.13. The summed E-state index contributed by atoms with van der Waals surface area (Å²) in [5, 5.41) is 0.767. The van der Waals surface area contributed by atoms with Crippen molar-refractivity contribution < 1.29 is 9.53 Å². The summed E-state index contributed by atoms with van der Waals surface area (Å²) in [6.07, 6.45) is 0.892. The third kappa shape index (κ3) is 5.04. The van der Waals surface area contributed by atoms with E-state index in [-0.39, 0.29) is 5.91 Å². The van der Waals surface area contributed by atoms with Crippen LogP contribution in [0.4, 0.5) is 5.13 Å². The number of hydrogen-bond donors (Lipinski definition) is 0. The van der Waals surface area contributed by atoms with Crippen molar-refractivity contribution in [3.8, 4) is 11.1 Å². The van der Waals surface area contributed by atoms with Crippen LogP contribution in [0.2, 0.25) is 0 Å². The fourth-order valence-corrected chi connectivity index (χ4v) is 5.41. The van der Waals surface area contributed by atoms with Crippen molar-refractivity contribution in [2.45, 2.75) is 13.3 Å². The molecule has 0 bridgehead atoms. The van der Waals surface area contributed by atoms with Gasteiger partial charge in [0, 0.05) is 31.7 Å². The minimum atomic E-state index is -0.00158. The molecular weight excluding hydrogens is 442 g/mol. The number of aryl methyl sites for hydroxylation is 1. The average Bonchev–Trinajstić information content (AvgIpc) is 3.33. The highest BCUT2D eigenvalue weighted by atomic mass is 32.1. The molecule has 1 aliphatic rings. The number of morpholine rings is 1. The first kappa shape index (κ1) is 22.7. The average molecular weight is 472 g/mol. The molecule has 1 aliphatic heterocycles. The van der Waals surface area contributed by atoms with Crippen molar-refractivity contribution in [2.75, 3.05) is 44.3 Å². The van der Waals surface area contributed by atoms with Crippen LogP contribution in [0.25, 0.3) is 21.3 Å². The Bertz CT molecular complexity index is 1250. The molecule has 0 radical (unpaired) electrons. The van der Waals surface area contributed by atoms with E-state index in [1.54, 1.807) is 11.3 Å². The Balaban J connectivity index is 1.39. The van der Waals surface area contributed by atoms with Gasteiger partial charge in [-0.2, -0.15) is 0 Å². The number of ether oxygens (including phenoxy) is 1. The van der Waals surface area contributed by atoms with Crippen molar-refractivity contribution >= 4 is 32.6 Å². The molecule has 1 amide bonds. The van der Waals surface area contributed by atoms with Crippen molar-refractivity contribution in [2.24, 2.45) is 0 Å². The lowest BCUT2D eigenvalue weighted by Gasteiger charge is -2.27. The number of aromatic nitrogens is 1. The largest absolute Gasteiger partial charge is 0.379 e. The van der Waals surface area contributed by atoms with Gasteiger partial charge in [-0.15, -0.1) is 0 Å². The third-order valence-electron chi connectivity index (χ3n) is 6.28. The number of para-hydroxylation sites is 1. The number of thiazole rings is 1. The van der Waals surface area contributed by atoms with Gasteiger partial charge in [0.2, 0.25) is 0 Å². The summed E-state index contributed by atoms with van der Waals surface area (Å²) in [6, 6.07) is 24.3. The number of hydrogen-bond acceptors (Lipinski definition) is 5.